The lowest BCUT2D eigenvalue weighted by atomic mass is 10.1. The van der Waals surface area contributed by atoms with Crippen molar-refractivity contribution in [3.8, 4) is 46.0 Å². The average molecular weight is 1650 g/mol. The first kappa shape index (κ1) is 91.8. The van der Waals surface area contributed by atoms with E-state index in [1.807, 2.05) is 75.4 Å². The molecule has 9 aromatic carbocycles. The summed E-state index contributed by atoms with van der Waals surface area (Å²) in [4.78, 5) is 47.8. The smallest absolute Gasteiger partial charge is 0.338 e. The normalized spacial score (nSPS) is 11.2. The highest BCUT2D eigenvalue weighted by molar-refractivity contribution is 7.90. The van der Waals surface area contributed by atoms with Crippen molar-refractivity contribution in [2.24, 2.45) is 10.3 Å². The second-order valence-electron chi connectivity index (χ2n) is 25.5. The lowest BCUT2D eigenvalue weighted by Gasteiger charge is -2.20. The minimum absolute atomic E-state index is 0.0489. The van der Waals surface area contributed by atoms with Gasteiger partial charge in [0.25, 0.3) is 5.91 Å². The van der Waals surface area contributed by atoms with Crippen LogP contribution >= 0.6 is 0 Å². The number of para-hydroxylation sites is 4. The number of hydrogen-bond acceptors (Lipinski definition) is 22. The topological polar surface area (TPSA) is 399 Å². The summed E-state index contributed by atoms with van der Waals surface area (Å²) in [5.74, 6) is -0.703. The fourth-order valence-corrected chi connectivity index (χ4v) is 13.8. The number of nitrogens with two attached hydrogens (primary N) is 2. The zero-order valence-electron chi connectivity index (χ0n) is 65.4. The van der Waals surface area contributed by atoms with Crippen molar-refractivity contribution in [3.05, 3.63) is 228 Å². The molecular weight excluding hydrogens is 1540 g/mol. The number of aromatic carboxylic acids is 1. The zero-order chi connectivity index (χ0) is 83.6. The first-order chi connectivity index (χ1) is 54.3. The molecule has 9 aromatic rings. The molecule has 0 saturated heterocycles. The number of carbonyl (C=O) groups is 4. The molecule has 0 unspecified atom stereocenters. The van der Waals surface area contributed by atoms with E-state index in [4.69, 9.17) is 38.7 Å². The molecule has 0 heterocycles. The van der Waals surface area contributed by atoms with Gasteiger partial charge in [-0.2, -0.15) is 0 Å². The molecular formula is C82H101N9O19S4. The molecule has 0 atom stereocenters. The standard InChI is InChI=1S/C24H27N3O4S.C20H26N2O5S.2C19H24N2O5S/c1-2-3-14-26-21-15-19(24(28)27-17-18-10-6-4-7-11-18)16-22(32(25,29)30)23(21)31-20-12-8-5-9-13-20;1-5-6-12-21-17-13-15(20(23)26-4)14-18(28(24,25)22(2)3)19(17)27-16-10-8-7-9-11-16;1-4-5-11-20-16-12-14(19(22)23)13-17(27(24,25)21(2)3)18(16)26-15-9-7-6-8-10-15;1-3-5-11-21-16-12-14(19(22)25-4-2)13-17(27(20,23)24)18(16)26-15-9-7-6-8-10-15/h4-13,15-16,26H,2-3,14,17H2,1H3,(H,27,28)(H2,25,29,30);7-11,13-14,21H,5-6,12H2,1-4H3;6-10,12-13,20H,4-5,11H2,1-3H3,(H,22,23);6-10,12-13,21H,3-5,11H2,1-2H3,(H2,20,23,24). The minimum atomic E-state index is -4.17. The Morgan fingerprint density at radius 1 is 0.386 bits per heavy atom. The molecule has 0 saturated carbocycles. The Bertz CT molecular complexity index is 5120. The molecule has 0 aliphatic carbocycles. The Balaban J connectivity index is 0.000000237. The van der Waals surface area contributed by atoms with Gasteiger partial charge in [-0.3, -0.25) is 4.79 Å². The van der Waals surface area contributed by atoms with Gasteiger partial charge in [0.1, 0.15) is 42.6 Å². The van der Waals surface area contributed by atoms with Crippen molar-refractivity contribution >= 4 is 86.7 Å². The maximum atomic E-state index is 13.0. The van der Waals surface area contributed by atoms with Crippen molar-refractivity contribution in [2.75, 3.05) is 89.4 Å². The molecule has 10 N–H and O–H groups in total. The van der Waals surface area contributed by atoms with Crippen LogP contribution in [-0.2, 0) is 56.1 Å². The van der Waals surface area contributed by atoms with Crippen LogP contribution in [0.5, 0.6) is 46.0 Å². The van der Waals surface area contributed by atoms with Gasteiger partial charge >= 0.3 is 17.9 Å². The number of benzene rings is 9. The molecule has 0 fully saturated rings. The number of ether oxygens (including phenoxy) is 6. The second kappa shape index (κ2) is 45.0. The third-order valence-corrected chi connectivity index (χ3v) is 21.8. The van der Waals surface area contributed by atoms with Crippen LogP contribution in [0.1, 0.15) is 133 Å². The number of rotatable bonds is 37. The van der Waals surface area contributed by atoms with Gasteiger partial charge in [0.05, 0.1) is 53.2 Å². The van der Waals surface area contributed by atoms with E-state index in [0.717, 1.165) is 71.6 Å². The zero-order valence-corrected chi connectivity index (χ0v) is 68.7. The van der Waals surface area contributed by atoms with Crippen LogP contribution in [0.15, 0.2) is 220 Å². The molecule has 0 aliphatic rings. The first-order valence-electron chi connectivity index (χ1n) is 36.6. The molecule has 0 aliphatic heterocycles. The van der Waals surface area contributed by atoms with Crippen LogP contribution in [-0.4, -0.2) is 139 Å². The van der Waals surface area contributed by atoms with E-state index in [-0.39, 0.29) is 71.4 Å². The molecule has 612 valence electrons. The van der Waals surface area contributed by atoms with Crippen LogP contribution < -0.4 is 55.8 Å². The van der Waals surface area contributed by atoms with Crippen molar-refractivity contribution in [2.45, 2.75) is 112 Å². The summed E-state index contributed by atoms with van der Waals surface area (Å²) in [6.07, 6.45) is 7.23. The molecule has 28 nitrogen and oxygen atoms in total. The van der Waals surface area contributed by atoms with Gasteiger partial charge in [0.15, 0.2) is 23.0 Å². The molecule has 0 spiro atoms. The maximum absolute atomic E-state index is 13.0. The monoisotopic (exact) mass is 1640 g/mol. The van der Waals surface area contributed by atoms with Crippen LogP contribution in [0.3, 0.4) is 0 Å². The number of nitrogens with one attached hydrogen (secondary N) is 5. The van der Waals surface area contributed by atoms with Crippen LogP contribution in [0.2, 0.25) is 0 Å². The van der Waals surface area contributed by atoms with Gasteiger partial charge < -0.3 is 60.1 Å². The number of carboxylic acid groups (broad SMARTS) is 1. The lowest BCUT2D eigenvalue weighted by Crippen LogP contribution is -2.24. The third-order valence-electron chi connectivity index (χ3n) is 16.3. The van der Waals surface area contributed by atoms with Gasteiger partial charge in [-0.15, -0.1) is 0 Å². The SMILES string of the molecule is CCCCNc1cc(C(=O)NCc2ccccc2)cc(S(N)(=O)=O)c1Oc1ccccc1.CCCCNc1cc(C(=O)O)cc(S(=O)(=O)N(C)C)c1Oc1ccccc1.CCCCNc1cc(C(=O)OC)cc(S(=O)(=O)N(C)C)c1Oc1ccccc1.CCCCNc1cc(C(=O)OCC)cc(S(N)(=O)=O)c1Oc1ccccc1. The Morgan fingerprint density at radius 3 is 0.965 bits per heavy atom. The Morgan fingerprint density at radius 2 is 0.667 bits per heavy atom. The molecule has 32 heteroatoms. The third kappa shape index (κ3) is 27.6. The Labute approximate surface area is 668 Å². The van der Waals surface area contributed by atoms with Crippen LogP contribution in [0.25, 0.3) is 0 Å². The number of nitrogens with zero attached hydrogens (tertiary/aromatic N) is 2. The van der Waals surface area contributed by atoms with Crippen molar-refractivity contribution in [3.63, 3.8) is 0 Å². The van der Waals surface area contributed by atoms with E-state index < -0.39 is 63.9 Å². The molecule has 9 rings (SSSR count). The molecule has 0 aromatic heterocycles. The van der Waals surface area contributed by atoms with Crippen molar-refractivity contribution in [1.29, 1.82) is 0 Å². The lowest BCUT2D eigenvalue weighted by molar-refractivity contribution is 0.0524. The van der Waals surface area contributed by atoms with Gasteiger partial charge in [-0.1, -0.05) is 157 Å². The number of esters is 2. The van der Waals surface area contributed by atoms with Gasteiger partial charge in [0, 0.05) is 66.5 Å². The number of sulfonamides is 4. The molecule has 114 heavy (non-hydrogen) atoms. The number of amides is 1. The summed E-state index contributed by atoms with van der Waals surface area (Å²) in [6, 6.07) is 55.5. The summed E-state index contributed by atoms with van der Waals surface area (Å²) in [6.45, 7) is 12.6. The number of methoxy groups -OCH3 is 1. The summed E-state index contributed by atoms with van der Waals surface area (Å²) >= 11 is 0. The highest BCUT2D eigenvalue weighted by Crippen LogP contribution is 2.43. The number of hydrogen-bond donors (Lipinski definition) is 8. The molecule has 0 bridgehead atoms. The average Bonchev–Trinajstić information content (AvgIpc) is 0.789. The van der Waals surface area contributed by atoms with Crippen molar-refractivity contribution < 1.29 is 86.4 Å². The van der Waals surface area contributed by atoms with E-state index in [0.29, 0.717) is 78.5 Å². The second-order valence-corrected chi connectivity index (χ2v) is 32.8. The number of carbonyl (C=O) groups excluding carboxylic acids is 3. The fraction of sp³-hybridized carbons (Fsp3) is 0.293. The summed E-state index contributed by atoms with van der Waals surface area (Å²) < 4.78 is 136. The molecule has 1 amide bonds. The largest absolute Gasteiger partial charge is 0.478 e. The van der Waals surface area contributed by atoms with E-state index in [1.165, 1.54) is 65.6 Å². The summed E-state index contributed by atoms with van der Waals surface area (Å²) in [7, 11) is -9.26. The predicted octanol–water partition coefficient (Wildman–Crippen LogP) is 15.2. The van der Waals surface area contributed by atoms with E-state index in [2.05, 4.69) is 33.5 Å². The number of carboxylic acids is 1. The molecule has 0 radical (unpaired) electrons. The van der Waals surface area contributed by atoms with E-state index in [9.17, 15) is 58.0 Å². The Kier molecular flexibility index (Phi) is 36.2. The van der Waals surface area contributed by atoms with E-state index >= 15 is 0 Å². The van der Waals surface area contributed by atoms with Crippen molar-refractivity contribution in [1.82, 2.24) is 13.9 Å². The highest BCUT2D eigenvalue weighted by Gasteiger charge is 2.31. The number of anilines is 4. The maximum Gasteiger partial charge on any atom is 0.338 e. The van der Waals surface area contributed by atoms with Gasteiger partial charge in [0.2, 0.25) is 40.1 Å². The van der Waals surface area contributed by atoms with Gasteiger partial charge in [-0.05, 0) is 135 Å². The van der Waals surface area contributed by atoms with Crippen LogP contribution in [0.4, 0.5) is 22.7 Å². The quantitative estimate of drug-likeness (QED) is 0.0132. The van der Waals surface area contributed by atoms with Crippen LogP contribution in [0, 0.1) is 0 Å². The first-order valence-corrected chi connectivity index (χ1v) is 42.6. The fourth-order valence-electron chi connectivity index (χ4n) is 10.3. The predicted molar refractivity (Wildman–Crippen MR) is 442 cm³/mol. The minimum Gasteiger partial charge on any atom is -0.478 e. The number of unbranched alkanes of at least 4 members (excludes halogenated alkanes) is 4. The van der Waals surface area contributed by atoms with Gasteiger partial charge in [-0.25, -0.2) is 66.9 Å². The highest BCUT2D eigenvalue weighted by atomic mass is 32.2. The summed E-state index contributed by atoms with van der Waals surface area (Å²) in [5, 5.41) is 35.7. The Hall–Kier alpha value is -11.1. The summed E-state index contributed by atoms with van der Waals surface area (Å²) in [5.41, 5.74) is 2.67. The van der Waals surface area contributed by atoms with E-state index in [1.54, 1.807) is 116 Å². The number of primary sulfonamides is 2.